The summed E-state index contributed by atoms with van der Waals surface area (Å²) in [7, 11) is 0. The van der Waals surface area contributed by atoms with Crippen LogP contribution in [0.3, 0.4) is 0 Å². The SMILES string of the molecule is P.[Li].[O]=[Sn]. The summed E-state index contributed by atoms with van der Waals surface area (Å²) in [5, 5.41) is 0. The normalized spacial score (nSPS) is 1.00. The van der Waals surface area contributed by atoms with Crippen molar-refractivity contribution >= 4 is 51.3 Å². The molecule has 1 atom stereocenters. The molecule has 0 rings (SSSR count). The van der Waals surface area contributed by atoms with Gasteiger partial charge in [0.1, 0.15) is 0 Å². The molecule has 0 N–H and O–H groups in total. The van der Waals surface area contributed by atoms with Crippen LogP contribution in [0.15, 0.2) is 0 Å². The van der Waals surface area contributed by atoms with Gasteiger partial charge in [0, 0.05) is 18.9 Å². The molecule has 0 aliphatic rings. The number of hydrogen-bond acceptors (Lipinski definition) is 1. The molecule has 0 fully saturated rings. The van der Waals surface area contributed by atoms with Crippen molar-refractivity contribution < 1.29 is 3.08 Å². The van der Waals surface area contributed by atoms with Crippen LogP contribution >= 0.6 is 9.90 Å². The van der Waals surface area contributed by atoms with E-state index < -0.39 is 0 Å². The molecule has 4 heavy (non-hydrogen) atoms. The molecule has 0 aromatic carbocycles. The van der Waals surface area contributed by atoms with Crippen LogP contribution < -0.4 is 0 Å². The van der Waals surface area contributed by atoms with E-state index in [1.54, 1.807) is 0 Å². The molecule has 0 aromatic heterocycles. The van der Waals surface area contributed by atoms with Crippen molar-refractivity contribution in [3.05, 3.63) is 0 Å². The summed E-state index contributed by atoms with van der Waals surface area (Å²) in [5.41, 5.74) is 0. The first-order valence-corrected chi connectivity index (χ1v) is 1.37. The van der Waals surface area contributed by atoms with E-state index in [2.05, 4.69) is 0 Å². The van der Waals surface area contributed by atoms with E-state index in [-0.39, 0.29) is 28.8 Å². The van der Waals surface area contributed by atoms with Gasteiger partial charge in [-0.05, 0) is 0 Å². The Kier molecular flexibility index (Phi) is 100. The molecule has 0 amide bonds. The topological polar surface area (TPSA) is 17.1 Å². The molecule has 19 valence electrons. The Labute approximate surface area is 54.2 Å². The van der Waals surface area contributed by atoms with Crippen molar-refractivity contribution in [2.75, 3.05) is 0 Å². The molecule has 0 aliphatic carbocycles. The third-order valence-electron chi connectivity index (χ3n) is 0. The Balaban J connectivity index is -0.00000000500. The molecule has 4 heteroatoms. The van der Waals surface area contributed by atoms with Crippen LogP contribution in [0.1, 0.15) is 0 Å². The van der Waals surface area contributed by atoms with Crippen LogP contribution in [0, 0.1) is 0 Å². The van der Waals surface area contributed by atoms with Gasteiger partial charge in [0.25, 0.3) is 0 Å². The van der Waals surface area contributed by atoms with E-state index >= 15 is 0 Å². The monoisotopic (exact) mass is 177 g/mol. The average Bonchev–Trinajstić information content (AvgIpc) is 1.00. The van der Waals surface area contributed by atoms with Gasteiger partial charge in [0.2, 0.25) is 0 Å². The Hall–Kier alpha value is 1.63. The quantitative estimate of drug-likeness (QED) is 0.347. The van der Waals surface area contributed by atoms with Crippen LogP contribution in [0.2, 0.25) is 0 Å². The Morgan fingerprint density at radius 3 is 1.25 bits per heavy atom. The summed E-state index contributed by atoms with van der Waals surface area (Å²) in [6.45, 7) is 0. The molecular formula is H3LiOPSn. The van der Waals surface area contributed by atoms with Crippen molar-refractivity contribution in [3.8, 4) is 0 Å². The zero-order valence-corrected chi connectivity index (χ0v) is 6.88. The second kappa shape index (κ2) is 23.0. The van der Waals surface area contributed by atoms with E-state index in [9.17, 15) is 0 Å². The molecule has 0 spiro atoms. The van der Waals surface area contributed by atoms with Crippen molar-refractivity contribution in [2.24, 2.45) is 0 Å². The first-order chi connectivity index (χ1) is 1.00. The van der Waals surface area contributed by atoms with Crippen molar-refractivity contribution in [3.63, 3.8) is 0 Å². The molecule has 0 saturated heterocycles. The maximum absolute atomic E-state index is 8.34. The van der Waals surface area contributed by atoms with Gasteiger partial charge in [0.05, 0.1) is 0 Å². The third kappa shape index (κ3) is 9.46. The minimum absolute atomic E-state index is 0. The molecule has 0 heterocycles. The summed E-state index contributed by atoms with van der Waals surface area (Å²) in [6.07, 6.45) is 0. The number of rotatable bonds is 0. The van der Waals surface area contributed by atoms with Crippen LogP contribution in [0.4, 0.5) is 0 Å². The molecule has 3 radical (unpaired) electrons. The zero-order valence-electron chi connectivity index (χ0n) is 2.62. The van der Waals surface area contributed by atoms with Crippen LogP contribution in [-0.2, 0) is 3.08 Å². The standard InChI is InChI=1S/Li.O.H3P.Sn/h;;1H3;. The van der Waals surface area contributed by atoms with E-state index in [0.717, 1.165) is 0 Å². The van der Waals surface area contributed by atoms with Crippen molar-refractivity contribution in [1.82, 2.24) is 0 Å². The Morgan fingerprint density at radius 1 is 1.25 bits per heavy atom. The van der Waals surface area contributed by atoms with Gasteiger partial charge in [-0.2, -0.15) is 9.90 Å². The van der Waals surface area contributed by atoms with Gasteiger partial charge in [0.15, 0.2) is 0 Å². The molecule has 1 unspecified atom stereocenters. The van der Waals surface area contributed by atoms with Gasteiger partial charge in [-0.1, -0.05) is 0 Å². The molecule has 1 nitrogen and oxygen atoms in total. The fraction of sp³-hybridized carbons (Fsp3) is 0. The zero-order chi connectivity index (χ0) is 2.00. The van der Waals surface area contributed by atoms with Gasteiger partial charge >= 0.3 is 25.6 Å². The van der Waals surface area contributed by atoms with E-state index in [0.29, 0.717) is 22.5 Å². The predicted molar refractivity (Wildman–Crippen MR) is 23.3 cm³/mol. The van der Waals surface area contributed by atoms with Gasteiger partial charge in [-0.3, -0.25) is 0 Å². The van der Waals surface area contributed by atoms with Gasteiger partial charge < -0.3 is 0 Å². The first-order valence-electron chi connectivity index (χ1n) is 0.204. The summed E-state index contributed by atoms with van der Waals surface area (Å²) in [5.74, 6) is 0. The summed E-state index contributed by atoms with van der Waals surface area (Å²) >= 11 is 0.300. The molecule has 0 bridgehead atoms. The second-order valence-corrected chi connectivity index (χ2v) is 0. The van der Waals surface area contributed by atoms with Crippen molar-refractivity contribution in [2.45, 2.75) is 0 Å². The van der Waals surface area contributed by atoms with Crippen LogP contribution in [-0.4, -0.2) is 41.4 Å². The van der Waals surface area contributed by atoms with Crippen molar-refractivity contribution in [1.29, 1.82) is 0 Å². The average molecular weight is 176 g/mol. The molecule has 0 aliphatic heterocycles. The fourth-order valence-corrected chi connectivity index (χ4v) is 0. The second-order valence-electron chi connectivity index (χ2n) is 0. The van der Waals surface area contributed by atoms with Crippen LogP contribution in [0.25, 0.3) is 0 Å². The van der Waals surface area contributed by atoms with Gasteiger partial charge in [-0.15, -0.1) is 0 Å². The van der Waals surface area contributed by atoms with Gasteiger partial charge in [-0.25, -0.2) is 0 Å². The maximum atomic E-state index is 8.34. The Morgan fingerprint density at radius 2 is 1.25 bits per heavy atom. The summed E-state index contributed by atoms with van der Waals surface area (Å²) < 4.78 is 8.34. The molecule has 0 aromatic rings. The molecular weight excluding hydrogens is 173 g/mol. The summed E-state index contributed by atoms with van der Waals surface area (Å²) in [4.78, 5) is 0. The van der Waals surface area contributed by atoms with E-state index in [1.807, 2.05) is 0 Å². The Bertz CT molecular complexity index is 8.00. The van der Waals surface area contributed by atoms with E-state index in [4.69, 9.17) is 3.08 Å². The third-order valence-corrected chi connectivity index (χ3v) is 0. The first kappa shape index (κ1) is 17.5. The predicted octanol–water partition coefficient (Wildman–Crippen LogP) is -0.822. The van der Waals surface area contributed by atoms with E-state index in [1.165, 1.54) is 0 Å². The minimum atomic E-state index is 0. The summed E-state index contributed by atoms with van der Waals surface area (Å²) in [6, 6.07) is 0. The van der Waals surface area contributed by atoms with Crippen LogP contribution in [0.5, 0.6) is 0 Å². The molecule has 0 saturated carbocycles. The fourth-order valence-electron chi connectivity index (χ4n) is 0. The number of hydrogen-bond donors (Lipinski definition) is 0.